The van der Waals surface area contributed by atoms with E-state index in [2.05, 4.69) is 0 Å². The second-order valence-electron chi connectivity index (χ2n) is 4.47. The van der Waals surface area contributed by atoms with Gasteiger partial charge in [0.05, 0.1) is 0 Å². The Bertz CT molecular complexity index is 408. The van der Waals surface area contributed by atoms with Crippen molar-refractivity contribution in [2.75, 3.05) is 6.54 Å². The molecule has 0 amide bonds. The highest BCUT2D eigenvalue weighted by atomic mass is 16.5. The Morgan fingerprint density at radius 3 is 2.53 bits per heavy atom. The maximum Gasteiger partial charge on any atom is 0.333 e. The van der Waals surface area contributed by atoms with Gasteiger partial charge in [-0.05, 0) is 31.4 Å². The van der Waals surface area contributed by atoms with E-state index < -0.39 is 11.5 Å². The normalized spacial score (nSPS) is 13.6. The second-order valence-corrected chi connectivity index (χ2v) is 4.47. The topological polar surface area (TPSA) is 95.4 Å². The lowest BCUT2D eigenvalue weighted by Crippen LogP contribution is -2.50. The number of unbranched alkanes of at least 4 members (excludes halogenated alkanes) is 1. The molecule has 0 heterocycles. The van der Waals surface area contributed by atoms with Gasteiger partial charge in [-0.15, -0.1) is 0 Å². The summed E-state index contributed by atoms with van der Waals surface area (Å²) in [7, 11) is 0. The molecule has 104 valence electrons. The molecule has 0 spiro atoms. The van der Waals surface area contributed by atoms with E-state index in [1.807, 2.05) is 30.3 Å². The molecule has 1 aromatic rings. The summed E-state index contributed by atoms with van der Waals surface area (Å²) in [6, 6.07) is 9.23. The van der Waals surface area contributed by atoms with Crippen LogP contribution < -0.4 is 11.5 Å². The summed E-state index contributed by atoms with van der Waals surface area (Å²) in [5.41, 5.74) is 10.4. The summed E-state index contributed by atoms with van der Waals surface area (Å²) < 4.78 is 5.09. The molecule has 0 aromatic heterocycles. The highest BCUT2D eigenvalue weighted by Gasteiger charge is 2.34. The standard InChI is InChI=1S/C14H20N2O3/c15-9-5-4-8-14(16,11-17)13(18)19-10-12-6-2-1-3-7-12/h1-3,6-7,11H,4-5,8-10,15-16H2/t14-/m1/s1. The van der Waals surface area contributed by atoms with Crippen LogP contribution >= 0.6 is 0 Å². The van der Waals surface area contributed by atoms with Gasteiger partial charge in [-0.2, -0.15) is 0 Å². The Morgan fingerprint density at radius 1 is 1.26 bits per heavy atom. The fourth-order valence-electron chi connectivity index (χ4n) is 1.63. The molecule has 0 radical (unpaired) electrons. The summed E-state index contributed by atoms with van der Waals surface area (Å²) in [6.45, 7) is 0.622. The summed E-state index contributed by atoms with van der Waals surface area (Å²) in [6.07, 6.45) is 2.04. The zero-order chi connectivity index (χ0) is 14.1. The Hall–Kier alpha value is -1.72. The number of hydrogen-bond acceptors (Lipinski definition) is 5. The third-order valence-electron chi connectivity index (χ3n) is 2.85. The largest absolute Gasteiger partial charge is 0.459 e. The number of ether oxygens (including phenoxy) is 1. The van der Waals surface area contributed by atoms with Crippen LogP contribution in [0.4, 0.5) is 0 Å². The van der Waals surface area contributed by atoms with Crippen LogP contribution in [0.3, 0.4) is 0 Å². The Kier molecular flexibility index (Phi) is 6.18. The van der Waals surface area contributed by atoms with Crippen molar-refractivity contribution in [3.05, 3.63) is 35.9 Å². The van der Waals surface area contributed by atoms with Crippen LogP contribution in [0.5, 0.6) is 0 Å². The summed E-state index contributed by atoms with van der Waals surface area (Å²) in [4.78, 5) is 22.9. The van der Waals surface area contributed by atoms with Gasteiger partial charge in [0.2, 0.25) is 0 Å². The maximum atomic E-state index is 11.9. The molecule has 1 aromatic carbocycles. The second kappa shape index (κ2) is 7.66. The first-order valence-corrected chi connectivity index (χ1v) is 6.29. The third-order valence-corrected chi connectivity index (χ3v) is 2.85. The molecule has 0 aliphatic rings. The maximum absolute atomic E-state index is 11.9. The number of carbonyl (C=O) groups excluding carboxylic acids is 2. The van der Waals surface area contributed by atoms with Gasteiger partial charge in [-0.25, -0.2) is 4.79 Å². The highest BCUT2D eigenvalue weighted by molar-refractivity contribution is 5.97. The van der Waals surface area contributed by atoms with Crippen molar-refractivity contribution in [3.8, 4) is 0 Å². The van der Waals surface area contributed by atoms with Crippen molar-refractivity contribution in [1.29, 1.82) is 0 Å². The molecular formula is C14H20N2O3. The van der Waals surface area contributed by atoms with Gasteiger partial charge in [0, 0.05) is 0 Å². The fraction of sp³-hybridized carbons (Fsp3) is 0.429. The lowest BCUT2D eigenvalue weighted by molar-refractivity contribution is -0.153. The van der Waals surface area contributed by atoms with Gasteiger partial charge in [-0.3, -0.25) is 0 Å². The van der Waals surface area contributed by atoms with Crippen molar-refractivity contribution in [1.82, 2.24) is 0 Å². The van der Waals surface area contributed by atoms with Crippen LogP contribution in [-0.2, 0) is 20.9 Å². The Labute approximate surface area is 112 Å². The molecule has 0 bridgehead atoms. The molecule has 0 saturated carbocycles. The molecule has 5 heteroatoms. The van der Waals surface area contributed by atoms with E-state index in [-0.39, 0.29) is 13.0 Å². The van der Waals surface area contributed by atoms with Crippen molar-refractivity contribution in [3.63, 3.8) is 0 Å². The molecule has 19 heavy (non-hydrogen) atoms. The van der Waals surface area contributed by atoms with Gasteiger partial charge in [0.1, 0.15) is 6.61 Å². The van der Waals surface area contributed by atoms with Crippen molar-refractivity contribution in [2.45, 2.75) is 31.4 Å². The molecular weight excluding hydrogens is 244 g/mol. The number of benzene rings is 1. The third kappa shape index (κ3) is 4.81. The van der Waals surface area contributed by atoms with Crippen LogP contribution in [0.25, 0.3) is 0 Å². The number of hydrogen-bond donors (Lipinski definition) is 2. The van der Waals surface area contributed by atoms with Crippen LogP contribution in [0.15, 0.2) is 30.3 Å². The first-order valence-electron chi connectivity index (χ1n) is 6.29. The smallest absolute Gasteiger partial charge is 0.333 e. The lowest BCUT2D eigenvalue weighted by atomic mass is 9.95. The molecule has 5 nitrogen and oxygen atoms in total. The summed E-state index contributed by atoms with van der Waals surface area (Å²) in [5.74, 6) is -0.691. The van der Waals surface area contributed by atoms with Gasteiger partial charge in [-0.1, -0.05) is 30.3 Å². The minimum Gasteiger partial charge on any atom is -0.459 e. The van der Waals surface area contributed by atoms with E-state index >= 15 is 0 Å². The molecule has 0 fully saturated rings. The van der Waals surface area contributed by atoms with Crippen LogP contribution in [0.2, 0.25) is 0 Å². The van der Waals surface area contributed by atoms with E-state index in [1.165, 1.54) is 0 Å². The first-order chi connectivity index (χ1) is 9.12. The minimum atomic E-state index is -1.57. The molecule has 4 N–H and O–H groups in total. The molecule has 0 saturated heterocycles. The lowest BCUT2D eigenvalue weighted by Gasteiger charge is -2.20. The number of esters is 1. The number of carbonyl (C=O) groups is 2. The fourth-order valence-corrected chi connectivity index (χ4v) is 1.63. The zero-order valence-electron chi connectivity index (χ0n) is 10.9. The van der Waals surface area contributed by atoms with Gasteiger partial charge in [0.25, 0.3) is 0 Å². The minimum absolute atomic E-state index is 0.114. The van der Waals surface area contributed by atoms with Crippen molar-refractivity contribution in [2.24, 2.45) is 11.5 Å². The predicted molar refractivity (Wildman–Crippen MR) is 72.1 cm³/mol. The number of aldehydes is 1. The van der Waals surface area contributed by atoms with Crippen molar-refractivity contribution < 1.29 is 14.3 Å². The zero-order valence-corrected chi connectivity index (χ0v) is 10.9. The van der Waals surface area contributed by atoms with Gasteiger partial charge in [0.15, 0.2) is 11.8 Å². The van der Waals surface area contributed by atoms with Crippen LogP contribution in [0.1, 0.15) is 24.8 Å². The monoisotopic (exact) mass is 264 g/mol. The molecule has 0 aliphatic carbocycles. The molecule has 0 aliphatic heterocycles. The van der Waals surface area contributed by atoms with Crippen LogP contribution in [0, 0.1) is 0 Å². The quantitative estimate of drug-likeness (QED) is 0.313. The van der Waals surface area contributed by atoms with E-state index in [0.717, 1.165) is 12.0 Å². The van der Waals surface area contributed by atoms with E-state index in [9.17, 15) is 9.59 Å². The van der Waals surface area contributed by atoms with E-state index in [0.29, 0.717) is 19.3 Å². The Balaban J connectivity index is 2.51. The Morgan fingerprint density at radius 2 is 1.95 bits per heavy atom. The SMILES string of the molecule is NCCCC[C@@](N)(C=O)C(=O)OCc1ccccc1. The number of nitrogens with two attached hydrogens (primary N) is 2. The summed E-state index contributed by atoms with van der Waals surface area (Å²) >= 11 is 0. The number of rotatable bonds is 8. The van der Waals surface area contributed by atoms with E-state index in [1.54, 1.807) is 0 Å². The summed E-state index contributed by atoms with van der Waals surface area (Å²) in [5, 5.41) is 0. The molecule has 0 unspecified atom stereocenters. The van der Waals surface area contributed by atoms with Gasteiger partial charge >= 0.3 is 5.97 Å². The van der Waals surface area contributed by atoms with Gasteiger partial charge < -0.3 is 21.0 Å². The average Bonchev–Trinajstić information content (AvgIpc) is 2.45. The van der Waals surface area contributed by atoms with Crippen LogP contribution in [-0.4, -0.2) is 24.3 Å². The van der Waals surface area contributed by atoms with E-state index in [4.69, 9.17) is 16.2 Å². The average molecular weight is 264 g/mol. The molecule has 1 atom stereocenters. The molecule has 1 rings (SSSR count). The first kappa shape index (κ1) is 15.3. The highest BCUT2D eigenvalue weighted by Crippen LogP contribution is 2.12. The predicted octanol–water partition coefficient (Wildman–Crippen LogP) is 0.755. The van der Waals surface area contributed by atoms with Crippen molar-refractivity contribution >= 4 is 12.3 Å².